The van der Waals surface area contributed by atoms with E-state index in [2.05, 4.69) is 13.2 Å². The maximum Gasteiger partial charge on any atom is 0.334 e. The first-order valence-corrected chi connectivity index (χ1v) is 3.03. The molecule has 0 amide bonds. The summed E-state index contributed by atoms with van der Waals surface area (Å²) in [6.45, 7) is 6.64. The zero-order valence-corrected chi connectivity index (χ0v) is 6.21. The van der Waals surface area contributed by atoms with E-state index in [-0.39, 0.29) is 12.0 Å². The molecule has 0 aliphatic rings. The summed E-state index contributed by atoms with van der Waals surface area (Å²) in [5.74, 6) is -1.18. The Morgan fingerprint density at radius 3 is 2.36 bits per heavy atom. The molecule has 0 fully saturated rings. The molecule has 0 heterocycles. The van der Waals surface area contributed by atoms with E-state index < -0.39 is 11.6 Å². The van der Waals surface area contributed by atoms with E-state index in [4.69, 9.17) is 16.6 Å². The number of carboxylic acids is 1. The average molecular weight is 156 g/mol. The SMILES string of the molecule is C=CCC(N)(N)C(=C)C(=O)O. The van der Waals surface area contributed by atoms with E-state index in [1.807, 2.05) is 0 Å². The zero-order chi connectivity index (χ0) is 9.07. The van der Waals surface area contributed by atoms with Crippen molar-refractivity contribution >= 4 is 5.97 Å². The highest BCUT2D eigenvalue weighted by molar-refractivity contribution is 5.88. The first kappa shape index (κ1) is 9.87. The second kappa shape index (κ2) is 3.32. The molecule has 0 rings (SSSR count). The Morgan fingerprint density at radius 2 is 2.09 bits per heavy atom. The van der Waals surface area contributed by atoms with Crippen molar-refractivity contribution in [3.63, 3.8) is 0 Å². The van der Waals surface area contributed by atoms with Gasteiger partial charge in [0.2, 0.25) is 0 Å². The number of hydrogen-bond acceptors (Lipinski definition) is 3. The highest BCUT2D eigenvalue weighted by atomic mass is 16.4. The van der Waals surface area contributed by atoms with Crippen molar-refractivity contribution in [1.29, 1.82) is 0 Å². The van der Waals surface area contributed by atoms with Gasteiger partial charge in [0.1, 0.15) is 0 Å². The summed E-state index contributed by atoms with van der Waals surface area (Å²) in [5, 5.41) is 8.45. The van der Waals surface area contributed by atoms with Crippen molar-refractivity contribution in [2.75, 3.05) is 0 Å². The minimum absolute atomic E-state index is 0.193. The monoisotopic (exact) mass is 156 g/mol. The van der Waals surface area contributed by atoms with E-state index >= 15 is 0 Å². The molecular weight excluding hydrogens is 144 g/mol. The van der Waals surface area contributed by atoms with Gasteiger partial charge in [-0.05, 0) is 0 Å². The standard InChI is InChI=1S/C7H12N2O2/c1-3-4-7(8,9)5(2)6(10)11/h3H,1-2,4,8-9H2,(H,10,11). The van der Waals surface area contributed by atoms with Crippen LogP contribution in [0.5, 0.6) is 0 Å². The van der Waals surface area contributed by atoms with Gasteiger partial charge < -0.3 is 16.6 Å². The molecule has 4 nitrogen and oxygen atoms in total. The molecule has 62 valence electrons. The highest BCUT2D eigenvalue weighted by Gasteiger charge is 2.26. The Morgan fingerprint density at radius 1 is 1.64 bits per heavy atom. The van der Waals surface area contributed by atoms with Crippen LogP contribution in [-0.2, 0) is 4.79 Å². The van der Waals surface area contributed by atoms with Gasteiger partial charge in [0.25, 0.3) is 0 Å². The van der Waals surface area contributed by atoms with Gasteiger partial charge in [0, 0.05) is 6.42 Å². The van der Waals surface area contributed by atoms with Crippen molar-refractivity contribution < 1.29 is 9.90 Å². The smallest absolute Gasteiger partial charge is 0.334 e. The number of hydrogen-bond donors (Lipinski definition) is 3. The first-order chi connectivity index (χ1) is 4.91. The summed E-state index contributed by atoms with van der Waals surface area (Å²) in [6.07, 6.45) is 1.65. The minimum Gasteiger partial charge on any atom is -0.478 e. The lowest BCUT2D eigenvalue weighted by Crippen LogP contribution is -2.52. The van der Waals surface area contributed by atoms with Crippen LogP contribution in [-0.4, -0.2) is 16.7 Å². The summed E-state index contributed by atoms with van der Waals surface area (Å²) >= 11 is 0. The van der Waals surface area contributed by atoms with E-state index in [0.29, 0.717) is 0 Å². The molecule has 0 aromatic heterocycles. The van der Waals surface area contributed by atoms with Gasteiger partial charge >= 0.3 is 5.97 Å². The fraction of sp³-hybridized carbons (Fsp3) is 0.286. The second-order valence-electron chi connectivity index (χ2n) is 2.32. The maximum atomic E-state index is 10.3. The van der Waals surface area contributed by atoms with Crippen LogP contribution in [0.3, 0.4) is 0 Å². The van der Waals surface area contributed by atoms with Gasteiger partial charge in [0.15, 0.2) is 0 Å². The van der Waals surface area contributed by atoms with Gasteiger partial charge in [-0.1, -0.05) is 12.7 Å². The number of rotatable bonds is 4. The Bertz CT molecular complexity index is 197. The molecule has 0 radical (unpaired) electrons. The van der Waals surface area contributed by atoms with Crippen LogP contribution < -0.4 is 11.5 Å². The molecule has 0 aromatic rings. The first-order valence-electron chi connectivity index (χ1n) is 3.03. The average Bonchev–Trinajstić information content (AvgIpc) is 1.86. The van der Waals surface area contributed by atoms with Crippen LogP contribution >= 0.6 is 0 Å². The molecule has 0 saturated heterocycles. The molecular formula is C7H12N2O2. The van der Waals surface area contributed by atoms with E-state index in [1.54, 1.807) is 0 Å². The summed E-state index contributed by atoms with van der Waals surface area (Å²) < 4.78 is 0. The lowest BCUT2D eigenvalue weighted by atomic mass is 9.99. The Hall–Kier alpha value is -1.13. The van der Waals surface area contributed by atoms with Gasteiger partial charge in [-0.25, -0.2) is 4.79 Å². The molecule has 0 saturated carbocycles. The molecule has 0 aliphatic carbocycles. The molecule has 0 aromatic carbocycles. The van der Waals surface area contributed by atoms with Crippen LogP contribution in [0.2, 0.25) is 0 Å². The lowest BCUT2D eigenvalue weighted by molar-refractivity contribution is -0.133. The van der Waals surface area contributed by atoms with Crippen LogP contribution in [0.4, 0.5) is 0 Å². The third-order valence-electron chi connectivity index (χ3n) is 1.30. The van der Waals surface area contributed by atoms with Gasteiger partial charge in [-0.15, -0.1) is 6.58 Å². The van der Waals surface area contributed by atoms with Crippen LogP contribution in [0.1, 0.15) is 6.42 Å². The summed E-state index contributed by atoms with van der Waals surface area (Å²) in [5.41, 5.74) is 9.20. The highest BCUT2D eigenvalue weighted by Crippen LogP contribution is 2.10. The molecule has 0 atom stereocenters. The molecule has 0 spiro atoms. The third-order valence-corrected chi connectivity index (χ3v) is 1.30. The quantitative estimate of drug-likeness (QED) is 0.299. The molecule has 4 heteroatoms. The van der Waals surface area contributed by atoms with Crippen molar-refractivity contribution in [3.8, 4) is 0 Å². The number of carboxylic acid groups (broad SMARTS) is 1. The molecule has 0 aliphatic heterocycles. The molecule has 0 unspecified atom stereocenters. The fourth-order valence-corrected chi connectivity index (χ4v) is 0.561. The second-order valence-corrected chi connectivity index (χ2v) is 2.32. The largest absolute Gasteiger partial charge is 0.478 e. The van der Waals surface area contributed by atoms with Gasteiger partial charge in [-0.3, -0.25) is 0 Å². The summed E-state index contributed by atoms with van der Waals surface area (Å²) in [6, 6.07) is 0. The van der Waals surface area contributed by atoms with E-state index in [1.165, 1.54) is 6.08 Å². The molecule has 11 heavy (non-hydrogen) atoms. The Labute approximate surface area is 65.2 Å². The van der Waals surface area contributed by atoms with Crippen molar-refractivity contribution in [2.24, 2.45) is 11.5 Å². The van der Waals surface area contributed by atoms with Gasteiger partial charge in [-0.2, -0.15) is 0 Å². The summed E-state index contributed by atoms with van der Waals surface area (Å²) in [4.78, 5) is 10.3. The number of carbonyl (C=O) groups is 1. The van der Waals surface area contributed by atoms with E-state index in [0.717, 1.165) is 0 Å². The van der Waals surface area contributed by atoms with Crippen molar-refractivity contribution in [2.45, 2.75) is 12.1 Å². The third kappa shape index (κ3) is 2.53. The van der Waals surface area contributed by atoms with Crippen LogP contribution in [0.25, 0.3) is 0 Å². The van der Waals surface area contributed by atoms with Crippen LogP contribution in [0.15, 0.2) is 24.8 Å². The Kier molecular flexibility index (Phi) is 2.98. The topological polar surface area (TPSA) is 89.3 Å². The van der Waals surface area contributed by atoms with Gasteiger partial charge in [0.05, 0.1) is 11.2 Å². The molecule has 0 bridgehead atoms. The maximum absolute atomic E-state index is 10.3. The molecule has 5 N–H and O–H groups in total. The van der Waals surface area contributed by atoms with Crippen molar-refractivity contribution in [3.05, 3.63) is 24.8 Å². The lowest BCUT2D eigenvalue weighted by Gasteiger charge is -2.22. The van der Waals surface area contributed by atoms with Crippen molar-refractivity contribution in [1.82, 2.24) is 0 Å². The van der Waals surface area contributed by atoms with Crippen LogP contribution in [0, 0.1) is 0 Å². The van der Waals surface area contributed by atoms with E-state index in [9.17, 15) is 4.79 Å². The zero-order valence-electron chi connectivity index (χ0n) is 6.21. The normalized spacial score (nSPS) is 10.7. The minimum atomic E-state index is -1.38. The predicted octanol–water partition coefficient (Wildman–Crippen LogP) is -0.183. The summed E-state index contributed by atoms with van der Waals surface area (Å²) in [7, 11) is 0. The number of aliphatic carboxylic acids is 1. The fourth-order valence-electron chi connectivity index (χ4n) is 0.561. The number of nitrogens with two attached hydrogens (primary N) is 2. The Balaban J connectivity index is 4.41. The predicted molar refractivity (Wildman–Crippen MR) is 42.7 cm³/mol.